The Morgan fingerprint density at radius 3 is 2.72 bits per heavy atom. The number of aromatic nitrogens is 1. The maximum atomic E-state index is 8.73. The quantitative estimate of drug-likeness (QED) is 0.818. The van der Waals surface area contributed by atoms with Crippen LogP contribution >= 0.6 is 11.8 Å². The summed E-state index contributed by atoms with van der Waals surface area (Å²) in [7, 11) is 0. The highest BCUT2D eigenvalue weighted by molar-refractivity contribution is 7.99. The maximum absolute atomic E-state index is 8.73. The number of benzene rings is 1. The predicted octanol–water partition coefficient (Wildman–Crippen LogP) is 4.25. The Morgan fingerprint density at radius 2 is 2.00 bits per heavy atom. The third kappa shape index (κ3) is 3.35. The molecule has 2 rings (SSSR count). The second-order valence-electron chi connectivity index (χ2n) is 4.13. The Morgan fingerprint density at radius 1 is 1.22 bits per heavy atom. The molecule has 0 saturated carbocycles. The first-order valence-electron chi connectivity index (χ1n) is 5.84. The summed E-state index contributed by atoms with van der Waals surface area (Å²) in [5.74, 6) is 0.235. The topological polar surface area (TPSA) is 36.7 Å². The lowest BCUT2D eigenvalue weighted by atomic mass is 10.0. The molecule has 1 aromatic heterocycles. The van der Waals surface area contributed by atoms with E-state index in [1.54, 1.807) is 11.8 Å². The minimum Gasteiger partial charge on any atom is -0.263 e. The van der Waals surface area contributed by atoms with Gasteiger partial charge in [0.05, 0.1) is 6.07 Å². The number of hydrogen-bond donors (Lipinski definition) is 0. The molecule has 0 fully saturated rings. The number of hydrogen-bond acceptors (Lipinski definition) is 3. The molecule has 2 aromatic rings. The highest BCUT2D eigenvalue weighted by Crippen LogP contribution is 2.29. The highest BCUT2D eigenvalue weighted by atomic mass is 32.2. The molecule has 0 amide bonds. The van der Waals surface area contributed by atoms with E-state index in [4.69, 9.17) is 5.26 Å². The van der Waals surface area contributed by atoms with Crippen LogP contribution in [-0.2, 0) is 0 Å². The molecule has 0 aliphatic rings. The summed E-state index contributed by atoms with van der Waals surface area (Å²) in [6.45, 7) is 2.05. The lowest BCUT2D eigenvalue weighted by molar-refractivity contribution is 0.779. The van der Waals surface area contributed by atoms with E-state index in [0.29, 0.717) is 6.42 Å². The molecule has 0 bridgehead atoms. The molecular formula is C15H14N2S. The van der Waals surface area contributed by atoms with Crippen LogP contribution in [0.4, 0.5) is 0 Å². The van der Waals surface area contributed by atoms with Crippen molar-refractivity contribution < 1.29 is 0 Å². The summed E-state index contributed by atoms with van der Waals surface area (Å²) in [5.41, 5.74) is 1.12. The maximum Gasteiger partial charge on any atom is 0.0628 e. The summed E-state index contributed by atoms with van der Waals surface area (Å²) in [6.07, 6.45) is 4.23. The van der Waals surface area contributed by atoms with E-state index in [2.05, 4.69) is 36.2 Å². The van der Waals surface area contributed by atoms with Gasteiger partial charge >= 0.3 is 0 Å². The third-order valence-corrected chi connectivity index (χ3v) is 3.65. The fourth-order valence-electron chi connectivity index (χ4n) is 1.64. The Bertz CT molecular complexity index is 546. The van der Waals surface area contributed by atoms with E-state index < -0.39 is 0 Å². The first-order chi connectivity index (χ1) is 8.79. The number of nitriles is 1. The van der Waals surface area contributed by atoms with E-state index in [0.717, 1.165) is 10.5 Å². The van der Waals surface area contributed by atoms with Crippen molar-refractivity contribution in [3.8, 4) is 6.07 Å². The first-order valence-corrected chi connectivity index (χ1v) is 6.66. The van der Waals surface area contributed by atoms with Crippen molar-refractivity contribution in [1.29, 1.82) is 5.26 Å². The van der Waals surface area contributed by atoms with Gasteiger partial charge in [0, 0.05) is 28.6 Å². The monoisotopic (exact) mass is 254 g/mol. The lowest BCUT2D eigenvalue weighted by Crippen LogP contribution is -1.93. The molecule has 0 aliphatic carbocycles. The van der Waals surface area contributed by atoms with Crippen molar-refractivity contribution in [2.45, 2.75) is 29.1 Å². The Hall–Kier alpha value is -1.79. The molecule has 0 aliphatic heterocycles. The predicted molar refractivity (Wildman–Crippen MR) is 73.4 cm³/mol. The van der Waals surface area contributed by atoms with Crippen LogP contribution in [0.25, 0.3) is 0 Å². The van der Waals surface area contributed by atoms with Crippen LogP contribution in [0.2, 0.25) is 0 Å². The second-order valence-corrected chi connectivity index (χ2v) is 5.28. The van der Waals surface area contributed by atoms with Crippen LogP contribution in [0.1, 0.15) is 24.8 Å². The fraction of sp³-hybridized carbons (Fsp3) is 0.200. The molecule has 0 radical (unpaired) electrons. The molecule has 0 spiro atoms. The van der Waals surface area contributed by atoms with Crippen molar-refractivity contribution in [3.63, 3.8) is 0 Å². The van der Waals surface area contributed by atoms with Gasteiger partial charge in [-0.2, -0.15) is 5.26 Å². The molecule has 3 heteroatoms. The van der Waals surface area contributed by atoms with Crippen LogP contribution in [0.15, 0.2) is 58.6 Å². The summed E-state index contributed by atoms with van der Waals surface area (Å²) in [4.78, 5) is 6.57. The Labute approximate surface area is 112 Å². The van der Waals surface area contributed by atoms with Gasteiger partial charge in [0.1, 0.15) is 0 Å². The van der Waals surface area contributed by atoms with Crippen molar-refractivity contribution in [3.05, 3.63) is 54.4 Å². The van der Waals surface area contributed by atoms with Gasteiger partial charge in [0.15, 0.2) is 0 Å². The fourth-order valence-corrected chi connectivity index (χ4v) is 2.51. The lowest BCUT2D eigenvalue weighted by Gasteiger charge is -2.08. The minimum atomic E-state index is 0.235. The zero-order valence-electron chi connectivity index (χ0n) is 10.2. The number of nitrogens with zero attached hydrogens (tertiary/aromatic N) is 2. The first kappa shape index (κ1) is 12.7. The second kappa shape index (κ2) is 6.23. The van der Waals surface area contributed by atoms with Gasteiger partial charge in [0.25, 0.3) is 0 Å². The van der Waals surface area contributed by atoms with Gasteiger partial charge in [-0.15, -0.1) is 0 Å². The van der Waals surface area contributed by atoms with Crippen LogP contribution in [0, 0.1) is 11.3 Å². The zero-order chi connectivity index (χ0) is 12.8. The molecule has 90 valence electrons. The van der Waals surface area contributed by atoms with Crippen molar-refractivity contribution in [1.82, 2.24) is 4.98 Å². The molecular weight excluding hydrogens is 240 g/mol. The summed E-state index contributed by atoms with van der Waals surface area (Å²) in [5, 5.41) is 8.73. The van der Waals surface area contributed by atoms with E-state index in [1.165, 1.54) is 4.90 Å². The smallest absolute Gasteiger partial charge is 0.0628 e. The molecule has 0 saturated heterocycles. The molecule has 2 nitrogen and oxygen atoms in total. The van der Waals surface area contributed by atoms with Gasteiger partial charge in [-0.05, 0) is 29.7 Å². The zero-order valence-corrected chi connectivity index (χ0v) is 11.0. The molecule has 18 heavy (non-hydrogen) atoms. The third-order valence-electron chi connectivity index (χ3n) is 2.68. The molecule has 1 aromatic carbocycles. The van der Waals surface area contributed by atoms with E-state index in [9.17, 15) is 0 Å². The average molecular weight is 254 g/mol. The van der Waals surface area contributed by atoms with Crippen molar-refractivity contribution >= 4 is 11.8 Å². The van der Waals surface area contributed by atoms with Gasteiger partial charge in [0.2, 0.25) is 0 Å². The van der Waals surface area contributed by atoms with Crippen molar-refractivity contribution in [2.24, 2.45) is 0 Å². The van der Waals surface area contributed by atoms with E-state index in [1.807, 2.05) is 30.6 Å². The number of rotatable bonds is 4. The Balaban J connectivity index is 2.15. The van der Waals surface area contributed by atoms with Crippen LogP contribution in [0.5, 0.6) is 0 Å². The van der Waals surface area contributed by atoms with Crippen molar-refractivity contribution in [2.75, 3.05) is 0 Å². The van der Waals surface area contributed by atoms with Gasteiger partial charge in [-0.1, -0.05) is 36.9 Å². The molecule has 1 heterocycles. The summed E-state index contributed by atoms with van der Waals surface area (Å²) >= 11 is 1.69. The molecule has 1 atom stereocenters. The van der Waals surface area contributed by atoms with Crippen LogP contribution in [0.3, 0.4) is 0 Å². The van der Waals surface area contributed by atoms with Gasteiger partial charge in [-0.3, -0.25) is 4.98 Å². The minimum absolute atomic E-state index is 0.235. The SMILES string of the molecule is CC(CC#N)c1cncc(Sc2ccccc2)c1. The van der Waals surface area contributed by atoms with E-state index >= 15 is 0 Å². The summed E-state index contributed by atoms with van der Waals surface area (Å²) < 4.78 is 0. The number of pyridine rings is 1. The average Bonchev–Trinajstić information content (AvgIpc) is 2.40. The van der Waals surface area contributed by atoms with E-state index in [-0.39, 0.29) is 5.92 Å². The largest absolute Gasteiger partial charge is 0.263 e. The van der Waals surface area contributed by atoms with Crippen LogP contribution < -0.4 is 0 Å². The van der Waals surface area contributed by atoms with Crippen LogP contribution in [-0.4, -0.2) is 4.98 Å². The van der Waals surface area contributed by atoms with Gasteiger partial charge < -0.3 is 0 Å². The Kier molecular flexibility index (Phi) is 4.38. The summed E-state index contributed by atoms with van der Waals surface area (Å²) in [6, 6.07) is 14.5. The highest BCUT2D eigenvalue weighted by Gasteiger charge is 2.06. The normalized spacial score (nSPS) is 11.8. The standard InChI is InChI=1S/C15H14N2S/c1-12(7-8-16)13-9-15(11-17-10-13)18-14-5-3-2-4-6-14/h2-6,9-12H,7H2,1H3. The molecule has 0 N–H and O–H groups in total. The van der Waals surface area contributed by atoms with Gasteiger partial charge in [-0.25, -0.2) is 0 Å². The molecule has 1 unspecified atom stereocenters.